The van der Waals surface area contributed by atoms with Crippen LogP contribution in [0.4, 0.5) is 0 Å². The molecule has 0 fully saturated rings. The lowest BCUT2D eigenvalue weighted by atomic mass is 9.86. The van der Waals surface area contributed by atoms with E-state index in [0.717, 1.165) is 16.7 Å². The molecule has 8 heteroatoms. The summed E-state index contributed by atoms with van der Waals surface area (Å²) >= 11 is 0. The predicted octanol–water partition coefficient (Wildman–Crippen LogP) is 4.72. The molecule has 0 saturated heterocycles. The Bertz CT molecular complexity index is 1220. The van der Waals surface area contributed by atoms with Gasteiger partial charge in [-0.05, 0) is 66.1 Å². The van der Waals surface area contributed by atoms with Crippen molar-refractivity contribution < 1.29 is 39.1 Å². The Morgan fingerprint density at radius 3 is 2.28 bits per heavy atom. The molecule has 2 unspecified atom stereocenters. The third kappa shape index (κ3) is 9.33. The van der Waals surface area contributed by atoms with Crippen LogP contribution in [0, 0.1) is 0 Å². The number of phenolic OH excluding ortho intramolecular Hbond substituents is 2. The molecule has 0 saturated carbocycles. The molecule has 0 heterocycles. The topological polar surface area (TPSA) is 123 Å². The number of hydrogen-bond donors (Lipinski definition) is 3. The third-order valence-corrected chi connectivity index (χ3v) is 6.39. The Balaban J connectivity index is 1.72. The smallest absolute Gasteiger partial charge is 0.302 e. The van der Waals surface area contributed by atoms with Gasteiger partial charge in [0.15, 0.2) is 23.0 Å². The number of rotatable bonds is 15. The van der Waals surface area contributed by atoms with Gasteiger partial charge in [0, 0.05) is 19.8 Å². The van der Waals surface area contributed by atoms with Gasteiger partial charge in [0.05, 0.1) is 13.7 Å². The largest absolute Gasteiger partial charge is 0.504 e. The second-order valence-electron chi connectivity index (χ2n) is 9.41. The Morgan fingerprint density at radius 2 is 1.59 bits per heavy atom. The zero-order valence-electron chi connectivity index (χ0n) is 22.3. The molecule has 39 heavy (non-hydrogen) atoms. The second kappa shape index (κ2) is 14.8. The van der Waals surface area contributed by atoms with Gasteiger partial charge in [-0.1, -0.05) is 42.5 Å². The second-order valence-corrected chi connectivity index (χ2v) is 9.41. The maximum atomic E-state index is 13.3. The molecule has 3 N–H and O–H groups in total. The van der Waals surface area contributed by atoms with E-state index in [9.17, 15) is 19.8 Å². The lowest BCUT2D eigenvalue weighted by Crippen LogP contribution is -2.22. The van der Waals surface area contributed by atoms with Gasteiger partial charge in [-0.25, -0.2) is 0 Å². The van der Waals surface area contributed by atoms with E-state index in [4.69, 9.17) is 19.3 Å². The van der Waals surface area contributed by atoms with Crippen molar-refractivity contribution in [1.82, 2.24) is 0 Å². The van der Waals surface area contributed by atoms with Crippen LogP contribution >= 0.6 is 0 Å². The Hall–Kier alpha value is -4.04. The van der Waals surface area contributed by atoms with Crippen molar-refractivity contribution >= 4 is 11.8 Å². The number of hydrogen-bond acceptors (Lipinski definition) is 8. The van der Waals surface area contributed by atoms with Gasteiger partial charge in [-0.2, -0.15) is 0 Å². The molecule has 0 spiro atoms. The van der Waals surface area contributed by atoms with Crippen LogP contribution in [-0.2, 0) is 27.2 Å². The molecular formula is C31H36O8. The van der Waals surface area contributed by atoms with E-state index in [1.165, 1.54) is 20.1 Å². The molecule has 0 radical (unpaired) electrons. The number of phenols is 2. The summed E-state index contributed by atoms with van der Waals surface area (Å²) in [5, 5.41) is 29.0. The van der Waals surface area contributed by atoms with E-state index in [1.54, 1.807) is 30.3 Å². The number of aromatic hydroxyl groups is 2. The summed E-state index contributed by atoms with van der Waals surface area (Å²) in [6.07, 6.45) is 1.18. The van der Waals surface area contributed by atoms with Crippen LogP contribution in [0.15, 0.2) is 66.7 Å². The number of methoxy groups -OCH3 is 1. The number of aliphatic hydroxyl groups is 1. The first-order valence-corrected chi connectivity index (χ1v) is 12.9. The molecule has 0 aliphatic carbocycles. The van der Waals surface area contributed by atoms with Gasteiger partial charge >= 0.3 is 5.97 Å². The van der Waals surface area contributed by atoms with Crippen molar-refractivity contribution in [3.8, 4) is 23.0 Å². The molecule has 0 amide bonds. The fraction of sp³-hybridized carbons (Fsp3) is 0.355. The summed E-state index contributed by atoms with van der Waals surface area (Å²) in [5.41, 5.74) is 2.78. The van der Waals surface area contributed by atoms with Gasteiger partial charge in [0.1, 0.15) is 18.5 Å². The van der Waals surface area contributed by atoms with Gasteiger partial charge in [-0.3, -0.25) is 9.59 Å². The van der Waals surface area contributed by atoms with Crippen LogP contribution in [0.2, 0.25) is 0 Å². The Labute approximate surface area is 228 Å². The summed E-state index contributed by atoms with van der Waals surface area (Å²) in [6.45, 7) is 1.20. The highest BCUT2D eigenvalue weighted by atomic mass is 16.5. The monoisotopic (exact) mass is 536 g/mol. The number of ketones is 1. The van der Waals surface area contributed by atoms with Crippen LogP contribution in [0.5, 0.6) is 23.0 Å². The lowest BCUT2D eigenvalue weighted by molar-refractivity contribution is -0.147. The van der Waals surface area contributed by atoms with E-state index in [-0.39, 0.29) is 55.0 Å². The maximum absolute atomic E-state index is 13.3. The lowest BCUT2D eigenvalue weighted by Gasteiger charge is -2.21. The zero-order chi connectivity index (χ0) is 28.2. The summed E-state index contributed by atoms with van der Waals surface area (Å²) in [4.78, 5) is 25.1. The van der Waals surface area contributed by atoms with Gasteiger partial charge in [-0.15, -0.1) is 0 Å². The number of aryl methyl sites for hydroxylation is 1. The highest BCUT2D eigenvalue weighted by Gasteiger charge is 2.23. The molecule has 2 atom stereocenters. The van der Waals surface area contributed by atoms with Crippen molar-refractivity contribution in [1.29, 1.82) is 0 Å². The first-order chi connectivity index (χ1) is 18.8. The average Bonchev–Trinajstić information content (AvgIpc) is 2.92. The fourth-order valence-electron chi connectivity index (χ4n) is 4.52. The minimum Gasteiger partial charge on any atom is -0.504 e. The molecular weight excluding hydrogens is 500 g/mol. The number of ether oxygens (including phenoxy) is 3. The molecule has 0 aliphatic heterocycles. The van der Waals surface area contributed by atoms with Crippen molar-refractivity contribution in [2.24, 2.45) is 0 Å². The van der Waals surface area contributed by atoms with Gasteiger partial charge in [0.2, 0.25) is 0 Å². The zero-order valence-corrected chi connectivity index (χ0v) is 22.3. The highest BCUT2D eigenvalue weighted by Crippen LogP contribution is 2.33. The molecule has 0 aliphatic rings. The number of carbonyl (C=O) groups is 2. The van der Waals surface area contributed by atoms with E-state index in [2.05, 4.69) is 0 Å². The van der Waals surface area contributed by atoms with Crippen molar-refractivity contribution in [2.75, 3.05) is 20.3 Å². The van der Waals surface area contributed by atoms with Crippen LogP contribution < -0.4 is 9.47 Å². The van der Waals surface area contributed by atoms with Gasteiger partial charge < -0.3 is 29.5 Å². The molecule has 0 aromatic heterocycles. The first kappa shape index (κ1) is 29.5. The molecule has 0 bridgehead atoms. The average molecular weight is 537 g/mol. The highest BCUT2D eigenvalue weighted by molar-refractivity contribution is 5.80. The maximum Gasteiger partial charge on any atom is 0.302 e. The van der Waals surface area contributed by atoms with Crippen LogP contribution in [-0.4, -0.2) is 53.5 Å². The quantitative estimate of drug-likeness (QED) is 0.239. The number of carbonyl (C=O) groups excluding carboxylic acids is 2. The van der Waals surface area contributed by atoms with Gasteiger partial charge in [0.25, 0.3) is 0 Å². The minimum atomic E-state index is -0.614. The molecule has 208 valence electrons. The number of esters is 1. The Morgan fingerprint density at radius 1 is 0.872 bits per heavy atom. The van der Waals surface area contributed by atoms with Crippen molar-refractivity contribution in [3.05, 3.63) is 83.4 Å². The summed E-state index contributed by atoms with van der Waals surface area (Å²) in [6, 6.07) is 19.9. The van der Waals surface area contributed by atoms with Crippen LogP contribution in [0.1, 0.15) is 48.8 Å². The summed E-state index contributed by atoms with van der Waals surface area (Å²) in [5.74, 6) is -0.0895. The van der Waals surface area contributed by atoms with E-state index in [1.807, 2.05) is 30.3 Å². The van der Waals surface area contributed by atoms with E-state index < -0.39 is 12.1 Å². The number of benzene rings is 3. The van der Waals surface area contributed by atoms with Crippen LogP contribution in [0.3, 0.4) is 0 Å². The minimum absolute atomic E-state index is 0.0279. The summed E-state index contributed by atoms with van der Waals surface area (Å²) < 4.78 is 16.1. The van der Waals surface area contributed by atoms with E-state index in [0.29, 0.717) is 25.0 Å². The predicted molar refractivity (Wildman–Crippen MR) is 146 cm³/mol. The normalized spacial score (nSPS) is 12.4. The molecule has 8 nitrogen and oxygen atoms in total. The van der Waals surface area contributed by atoms with E-state index >= 15 is 0 Å². The first-order valence-electron chi connectivity index (χ1n) is 12.9. The number of Topliss-reactive ketones (excluding diaryl/α,β-unsaturated/α-hetero) is 1. The molecule has 3 aromatic rings. The molecule has 3 aromatic carbocycles. The third-order valence-electron chi connectivity index (χ3n) is 6.39. The Kier molecular flexibility index (Phi) is 11.2. The fourth-order valence-corrected chi connectivity index (χ4v) is 4.52. The standard InChI is InChI=1S/C31H36O8/c1-21(33)39-27(11-8-23-9-12-29(36)31(17-23)38-15-14-32)20-26(34)18-25(16-22-6-4-3-5-7-22)24-10-13-28(35)30(19-24)37-2/h3-7,9-10,12-13,17,19,25,27,32,35-36H,8,11,14-16,18,20H2,1-2H3. The van der Waals surface area contributed by atoms with Crippen molar-refractivity contribution in [2.45, 2.75) is 51.0 Å². The SMILES string of the molecule is COc1cc(C(CC(=O)CC(CCc2ccc(O)c(OCCO)c2)OC(C)=O)Cc2ccccc2)ccc1O. The summed E-state index contributed by atoms with van der Waals surface area (Å²) in [7, 11) is 1.48. The van der Waals surface area contributed by atoms with Crippen LogP contribution in [0.25, 0.3) is 0 Å². The van der Waals surface area contributed by atoms with Crippen molar-refractivity contribution in [3.63, 3.8) is 0 Å². The molecule has 3 rings (SSSR count). The number of aliphatic hydroxyl groups excluding tert-OH is 1.